The van der Waals surface area contributed by atoms with Crippen molar-refractivity contribution in [2.24, 2.45) is 0 Å². The van der Waals surface area contributed by atoms with E-state index in [0.717, 1.165) is 47.0 Å². The molecule has 2 heterocycles. The Bertz CT molecular complexity index is 644. The van der Waals surface area contributed by atoms with Gasteiger partial charge in [0.25, 0.3) is 0 Å². The van der Waals surface area contributed by atoms with Crippen LogP contribution in [0, 0.1) is 0 Å². The molecule has 5 heteroatoms. The Balaban J connectivity index is 1.99. The number of rotatable bonds is 3. The lowest BCUT2D eigenvalue weighted by atomic mass is 10.1. The maximum Gasteiger partial charge on any atom is 0.0954 e. The maximum atomic E-state index is 6.12. The molecular formula is C15H18ClN3S. The Hall–Kier alpha value is -0.970. The summed E-state index contributed by atoms with van der Waals surface area (Å²) in [5.74, 6) is 2.41. The molecule has 3 rings (SSSR count). The highest BCUT2D eigenvalue weighted by Gasteiger charge is 2.15. The highest BCUT2D eigenvalue weighted by atomic mass is 35.5. The monoisotopic (exact) mass is 307 g/mol. The van der Waals surface area contributed by atoms with E-state index in [1.165, 1.54) is 11.5 Å². The van der Waals surface area contributed by atoms with Crippen molar-refractivity contribution in [2.45, 2.75) is 13.6 Å². The zero-order chi connectivity index (χ0) is 14.1. The van der Waals surface area contributed by atoms with Gasteiger partial charge in [-0.3, -0.25) is 4.90 Å². The smallest absolute Gasteiger partial charge is 0.0954 e. The van der Waals surface area contributed by atoms with Crippen molar-refractivity contribution in [1.29, 1.82) is 0 Å². The first-order valence-electron chi connectivity index (χ1n) is 6.77. The number of thioether (sulfide) groups is 1. The van der Waals surface area contributed by atoms with Gasteiger partial charge in [-0.2, -0.15) is 16.9 Å². The van der Waals surface area contributed by atoms with Crippen LogP contribution < -0.4 is 0 Å². The van der Waals surface area contributed by atoms with Gasteiger partial charge < -0.3 is 0 Å². The van der Waals surface area contributed by atoms with Crippen LogP contribution in [0.3, 0.4) is 0 Å². The molecule has 0 unspecified atom stereocenters. The molecule has 1 aromatic carbocycles. The Kier molecular flexibility index (Phi) is 4.06. The van der Waals surface area contributed by atoms with Gasteiger partial charge in [-0.25, -0.2) is 4.68 Å². The first kappa shape index (κ1) is 14.0. The molecule has 0 radical (unpaired) electrons. The molecule has 0 aliphatic carbocycles. The minimum absolute atomic E-state index is 0.744. The zero-order valence-electron chi connectivity index (χ0n) is 11.6. The minimum atomic E-state index is 0.744. The number of aromatic nitrogens is 2. The molecule has 1 aliphatic rings. The largest absolute Gasteiger partial charge is 0.283 e. The second-order valence-electron chi connectivity index (χ2n) is 5.16. The lowest BCUT2D eigenvalue weighted by molar-refractivity contribution is 0.232. The molecule has 0 spiro atoms. The fourth-order valence-corrected chi connectivity index (χ4v) is 3.66. The molecule has 0 saturated carbocycles. The molecule has 0 amide bonds. The molecule has 106 valence electrons. The number of halogens is 1. The summed E-state index contributed by atoms with van der Waals surface area (Å²) in [5.41, 5.74) is 3.06. The van der Waals surface area contributed by atoms with E-state index >= 15 is 0 Å². The normalized spacial score (nSPS) is 16.7. The standard InChI is InChI=1S/C15H18ClN3S/c1-11(2)15-13-9-12(16)3-4-14(13)19(17-15)10-18-5-7-20-8-6-18/h3-4,9H,1,5-8,10H2,2H3. The summed E-state index contributed by atoms with van der Waals surface area (Å²) in [5, 5.41) is 6.57. The highest BCUT2D eigenvalue weighted by molar-refractivity contribution is 7.99. The lowest BCUT2D eigenvalue weighted by Crippen LogP contribution is -2.34. The predicted octanol–water partition coefficient (Wildman–Crippen LogP) is 3.73. The van der Waals surface area contributed by atoms with E-state index in [0.29, 0.717) is 0 Å². The van der Waals surface area contributed by atoms with Gasteiger partial charge in [0.2, 0.25) is 0 Å². The van der Waals surface area contributed by atoms with Crippen molar-refractivity contribution in [3.63, 3.8) is 0 Å². The van der Waals surface area contributed by atoms with Crippen LogP contribution in [0.5, 0.6) is 0 Å². The summed E-state index contributed by atoms with van der Waals surface area (Å²) >= 11 is 8.14. The van der Waals surface area contributed by atoms with Gasteiger partial charge in [0.05, 0.1) is 17.9 Å². The van der Waals surface area contributed by atoms with E-state index in [-0.39, 0.29) is 0 Å². The first-order valence-corrected chi connectivity index (χ1v) is 8.30. The third kappa shape index (κ3) is 2.73. The molecule has 0 atom stereocenters. The van der Waals surface area contributed by atoms with Crippen molar-refractivity contribution in [1.82, 2.24) is 14.7 Å². The average Bonchev–Trinajstić information content (AvgIpc) is 2.78. The molecule has 1 saturated heterocycles. The van der Waals surface area contributed by atoms with Crippen LogP contribution in [0.25, 0.3) is 16.5 Å². The molecule has 1 fully saturated rings. The molecular weight excluding hydrogens is 290 g/mol. The second-order valence-corrected chi connectivity index (χ2v) is 6.82. The SMILES string of the molecule is C=C(C)c1nn(CN2CCSCC2)c2ccc(Cl)cc12. The topological polar surface area (TPSA) is 21.1 Å². The number of allylic oxidation sites excluding steroid dienone is 1. The first-order chi connectivity index (χ1) is 9.65. The molecule has 0 bridgehead atoms. The van der Waals surface area contributed by atoms with Crippen LogP contribution in [0.1, 0.15) is 12.6 Å². The summed E-state index contributed by atoms with van der Waals surface area (Å²) in [6.07, 6.45) is 0. The quantitative estimate of drug-likeness (QED) is 0.862. The third-order valence-electron chi connectivity index (χ3n) is 3.55. The van der Waals surface area contributed by atoms with Gasteiger partial charge >= 0.3 is 0 Å². The Morgan fingerprint density at radius 1 is 1.40 bits per heavy atom. The van der Waals surface area contributed by atoms with E-state index in [9.17, 15) is 0 Å². The van der Waals surface area contributed by atoms with Gasteiger partial charge in [0.15, 0.2) is 0 Å². The summed E-state index contributed by atoms with van der Waals surface area (Å²) < 4.78 is 2.08. The molecule has 3 nitrogen and oxygen atoms in total. The second kappa shape index (κ2) is 5.80. The summed E-state index contributed by atoms with van der Waals surface area (Å²) in [7, 11) is 0. The molecule has 20 heavy (non-hydrogen) atoms. The zero-order valence-corrected chi connectivity index (χ0v) is 13.2. The van der Waals surface area contributed by atoms with Crippen molar-refractivity contribution < 1.29 is 0 Å². The summed E-state index contributed by atoms with van der Waals surface area (Å²) in [6, 6.07) is 5.96. The summed E-state index contributed by atoms with van der Waals surface area (Å²) in [4.78, 5) is 2.44. The van der Waals surface area contributed by atoms with Crippen molar-refractivity contribution in [3.8, 4) is 0 Å². The number of hydrogen-bond acceptors (Lipinski definition) is 3. The van der Waals surface area contributed by atoms with Crippen LogP contribution in [-0.4, -0.2) is 39.3 Å². The van der Waals surface area contributed by atoms with Crippen LogP contribution in [-0.2, 0) is 6.67 Å². The lowest BCUT2D eigenvalue weighted by Gasteiger charge is -2.26. The van der Waals surface area contributed by atoms with Crippen molar-refractivity contribution >= 4 is 39.8 Å². The predicted molar refractivity (Wildman–Crippen MR) is 88.3 cm³/mol. The van der Waals surface area contributed by atoms with Crippen LogP contribution in [0.15, 0.2) is 24.8 Å². The Labute approximate surface area is 128 Å². The van der Waals surface area contributed by atoms with Crippen molar-refractivity contribution in [2.75, 3.05) is 24.6 Å². The molecule has 0 N–H and O–H groups in total. The van der Waals surface area contributed by atoms with Gasteiger partial charge in [-0.1, -0.05) is 18.2 Å². The molecule has 1 aliphatic heterocycles. The number of nitrogens with zero attached hydrogens (tertiary/aromatic N) is 3. The van der Waals surface area contributed by atoms with E-state index in [4.69, 9.17) is 16.7 Å². The highest BCUT2D eigenvalue weighted by Crippen LogP contribution is 2.27. The Morgan fingerprint density at radius 2 is 2.15 bits per heavy atom. The fraction of sp³-hybridized carbons (Fsp3) is 0.400. The van der Waals surface area contributed by atoms with E-state index in [2.05, 4.69) is 22.2 Å². The van der Waals surface area contributed by atoms with Gasteiger partial charge in [0.1, 0.15) is 0 Å². The van der Waals surface area contributed by atoms with Gasteiger partial charge in [0, 0.05) is 35.0 Å². The van der Waals surface area contributed by atoms with Gasteiger partial charge in [-0.05, 0) is 30.7 Å². The molecule has 2 aromatic rings. The van der Waals surface area contributed by atoms with Crippen LogP contribution in [0.2, 0.25) is 5.02 Å². The average molecular weight is 308 g/mol. The van der Waals surface area contributed by atoms with E-state index in [1.54, 1.807) is 0 Å². The number of hydrogen-bond donors (Lipinski definition) is 0. The van der Waals surface area contributed by atoms with E-state index < -0.39 is 0 Å². The van der Waals surface area contributed by atoms with E-state index in [1.807, 2.05) is 30.8 Å². The number of benzene rings is 1. The van der Waals surface area contributed by atoms with Crippen LogP contribution in [0.4, 0.5) is 0 Å². The van der Waals surface area contributed by atoms with Crippen molar-refractivity contribution in [3.05, 3.63) is 35.5 Å². The molecule has 1 aromatic heterocycles. The van der Waals surface area contributed by atoms with Crippen LogP contribution >= 0.6 is 23.4 Å². The minimum Gasteiger partial charge on any atom is -0.283 e. The maximum absolute atomic E-state index is 6.12. The Morgan fingerprint density at radius 3 is 2.85 bits per heavy atom. The van der Waals surface area contributed by atoms with Gasteiger partial charge in [-0.15, -0.1) is 0 Å². The number of fused-ring (bicyclic) bond motifs is 1. The summed E-state index contributed by atoms with van der Waals surface area (Å²) in [6.45, 7) is 9.11. The fourth-order valence-electron chi connectivity index (χ4n) is 2.51. The third-order valence-corrected chi connectivity index (χ3v) is 4.73.